The summed E-state index contributed by atoms with van der Waals surface area (Å²) < 4.78 is 1.52. The molecule has 3 aromatic rings. The van der Waals surface area contributed by atoms with Crippen molar-refractivity contribution in [2.45, 2.75) is 19.4 Å². The number of fused-ring (bicyclic) bond motifs is 2. The summed E-state index contributed by atoms with van der Waals surface area (Å²) in [5.41, 5.74) is 2.13. The summed E-state index contributed by atoms with van der Waals surface area (Å²) >= 11 is 1.45. The molecule has 5 nitrogen and oxygen atoms in total. The van der Waals surface area contributed by atoms with E-state index in [1.165, 1.54) is 27.8 Å². The maximum Gasteiger partial charge on any atom is 0.262 e. The molecule has 1 aliphatic rings. The predicted octanol–water partition coefficient (Wildman–Crippen LogP) is 2.44. The molecular formula is C17H15N3O2S. The number of rotatable bonds is 3. The minimum Gasteiger partial charge on any atom is -0.312 e. The van der Waals surface area contributed by atoms with Crippen LogP contribution in [0.3, 0.4) is 0 Å². The molecule has 0 bridgehead atoms. The quantitative estimate of drug-likeness (QED) is 0.743. The van der Waals surface area contributed by atoms with Crippen LogP contribution in [-0.2, 0) is 17.8 Å². The number of aromatic nitrogens is 2. The zero-order valence-corrected chi connectivity index (χ0v) is 13.3. The van der Waals surface area contributed by atoms with Crippen molar-refractivity contribution in [1.29, 1.82) is 0 Å². The molecule has 0 unspecified atom stereocenters. The molecule has 1 aromatic carbocycles. The second kappa shape index (κ2) is 5.62. The van der Waals surface area contributed by atoms with Crippen LogP contribution in [0, 0.1) is 0 Å². The molecular weight excluding hydrogens is 310 g/mol. The van der Waals surface area contributed by atoms with Gasteiger partial charge in [0.1, 0.15) is 4.83 Å². The summed E-state index contributed by atoms with van der Waals surface area (Å²) in [6, 6.07) is 9.76. The number of carbonyl (C=O) groups excluding carboxylic acids is 1. The highest BCUT2D eigenvalue weighted by molar-refractivity contribution is 7.16. The molecule has 0 N–H and O–H groups in total. The number of aryl methyl sites for hydroxylation is 1. The molecule has 1 aliphatic heterocycles. The highest BCUT2D eigenvalue weighted by Crippen LogP contribution is 2.27. The van der Waals surface area contributed by atoms with Crippen LogP contribution in [-0.4, -0.2) is 22.0 Å². The first-order valence-corrected chi connectivity index (χ1v) is 8.43. The standard InChI is InChI=1S/C17H15N3O2S/c21-15(20-9-5-12-3-1-2-4-14(12)20)6-8-19-11-18-16-13(17(19)22)7-10-23-16/h1-4,7,10-11H,5-6,8-9H2. The fraction of sp³-hybridized carbons (Fsp3) is 0.235. The van der Waals surface area contributed by atoms with Gasteiger partial charge < -0.3 is 4.90 Å². The van der Waals surface area contributed by atoms with Crippen molar-refractivity contribution in [2.24, 2.45) is 0 Å². The van der Waals surface area contributed by atoms with Crippen molar-refractivity contribution < 1.29 is 4.79 Å². The minimum absolute atomic E-state index is 0.0484. The Kier molecular flexibility index (Phi) is 3.46. The Balaban J connectivity index is 1.52. The highest BCUT2D eigenvalue weighted by Gasteiger charge is 2.23. The molecule has 6 heteroatoms. The van der Waals surface area contributed by atoms with Crippen molar-refractivity contribution in [3.05, 3.63) is 58.0 Å². The number of amides is 1. The van der Waals surface area contributed by atoms with Crippen molar-refractivity contribution >= 4 is 33.1 Å². The highest BCUT2D eigenvalue weighted by atomic mass is 32.1. The van der Waals surface area contributed by atoms with Crippen LogP contribution < -0.4 is 10.5 Å². The van der Waals surface area contributed by atoms with Crippen LogP contribution in [0.15, 0.2) is 46.8 Å². The van der Waals surface area contributed by atoms with E-state index in [1.807, 2.05) is 28.5 Å². The van der Waals surface area contributed by atoms with Gasteiger partial charge >= 0.3 is 0 Å². The number of thiophene rings is 1. The van der Waals surface area contributed by atoms with Gasteiger partial charge in [-0.2, -0.15) is 0 Å². The molecule has 0 saturated carbocycles. The topological polar surface area (TPSA) is 55.2 Å². The average molecular weight is 325 g/mol. The van der Waals surface area contributed by atoms with Gasteiger partial charge in [-0.05, 0) is 29.5 Å². The van der Waals surface area contributed by atoms with E-state index in [2.05, 4.69) is 11.1 Å². The van der Waals surface area contributed by atoms with Gasteiger partial charge in [-0.15, -0.1) is 11.3 Å². The van der Waals surface area contributed by atoms with Gasteiger partial charge in [0.15, 0.2) is 0 Å². The Labute approximate surface area is 136 Å². The summed E-state index contributed by atoms with van der Waals surface area (Å²) in [7, 11) is 0. The third kappa shape index (κ3) is 2.45. The lowest BCUT2D eigenvalue weighted by molar-refractivity contribution is -0.118. The molecule has 2 aromatic heterocycles. The van der Waals surface area contributed by atoms with Crippen LogP contribution in [0.2, 0.25) is 0 Å². The van der Waals surface area contributed by atoms with Gasteiger partial charge in [0.2, 0.25) is 5.91 Å². The number of nitrogens with zero attached hydrogens (tertiary/aromatic N) is 3. The third-order valence-corrected chi connectivity index (χ3v) is 5.03. The molecule has 0 aliphatic carbocycles. The second-order valence-electron chi connectivity index (χ2n) is 5.56. The zero-order chi connectivity index (χ0) is 15.8. The minimum atomic E-state index is -0.0779. The maximum atomic E-state index is 12.5. The number of hydrogen-bond acceptors (Lipinski definition) is 4. The Bertz CT molecular complexity index is 944. The second-order valence-corrected chi connectivity index (χ2v) is 6.45. The number of benzene rings is 1. The van der Waals surface area contributed by atoms with E-state index in [-0.39, 0.29) is 11.5 Å². The van der Waals surface area contributed by atoms with Crippen molar-refractivity contribution in [2.75, 3.05) is 11.4 Å². The number of anilines is 1. The molecule has 0 atom stereocenters. The number of carbonyl (C=O) groups is 1. The van der Waals surface area contributed by atoms with Gasteiger partial charge in [0.05, 0.1) is 11.7 Å². The largest absolute Gasteiger partial charge is 0.312 e. The molecule has 4 rings (SSSR count). The molecule has 0 saturated heterocycles. The Morgan fingerprint density at radius 1 is 1.26 bits per heavy atom. The first-order chi connectivity index (χ1) is 11.2. The lowest BCUT2D eigenvalue weighted by Gasteiger charge is -2.17. The van der Waals surface area contributed by atoms with Crippen LogP contribution in [0.25, 0.3) is 10.2 Å². The van der Waals surface area contributed by atoms with Crippen molar-refractivity contribution in [3.63, 3.8) is 0 Å². The SMILES string of the molecule is O=C(CCn1cnc2sccc2c1=O)N1CCc2ccccc21. The smallest absolute Gasteiger partial charge is 0.262 e. The Hall–Kier alpha value is -2.47. The lowest BCUT2D eigenvalue weighted by atomic mass is 10.2. The van der Waals surface area contributed by atoms with Gasteiger partial charge in [-0.25, -0.2) is 4.98 Å². The van der Waals surface area contributed by atoms with Crippen LogP contribution in [0.4, 0.5) is 5.69 Å². The van der Waals surface area contributed by atoms with Crippen LogP contribution in [0.5, 0.6) is 0 Å². The first-order valence-electron chi connectivity index (χ1n) is 7.55. The van der Waals surface area contributed by atoms with Crippen molar-refractivity contribution in [3.8, 4) is 0 Å². The summed E-state index contributed by atoms with van der Waals surface area (Å²) in [5, 5.41) is 2.48. The molecule has 0 radical (unpaired) electrons. The monoisotopic (exact) mass is 325 g/mol. The van der Waals surface area contributed by atoms with E-state index in [9.17, 15) is 9.59 Å². The predicted molar refractivity (Wildman–Crippen MR) is 91.0 cm³/mol. The third-order valence-electron chi connectivity index (χ3n) is 4.21. The van der Waals surface area contributed by atoms with E-state index in [1.54, 1.807) is 6.07 Å². The van der Waals surface area contributed by atoms with E-state index < -0.39 is 0 Å². The van der Waals surface area contributed by atoms with E-state index in [0.717, 1.165) is 23.5 Å². The summed E-state index contributed by atoms with van der Waals surface area (Å²) in [6.07, 6.45) is 2.72. The number of para-hydroxylation sites is 1. The normalized spacial score (nSPS) is 13.5. The maximum absolute atomic E-state index is 12.5. The first kappa shape index (κ1) is 14.1. The summed E-state index contributed by atoms with van der Waals surface area (Å²) in [5.74, 6) is 0.0484. The molecule has 0 fully saturated rings. The summed E-state index contributed by atoms with van der Waals surface area (Å²) in [6.45, 7) is 1.07. The number of hydrogen-bond donors (Lipinski definition) is 0. The average Bonchev–Trinajstić information content (AvgIpc) is 3.21. The van der Waals surface area contributed by atoms with Gasteiger partial charge in [-0.1, -0.05) is 18.2 Å². The van der Waals surface area contributed by atoms with E-state index in [4.69, 9.17) is 0 Å². The van der Waals surface area contributed by atoms with Gasteiger partial charge in [0.25, 0.3) is 5.56 Å². The molecule has 0 spiro atoms. The van der Waals surface area contributed by atoms with Crippen LogP contribution in [0.1, 0.15) is 12.0 Å². The molecule has 23 heavy (non-hydrogen) atoms. The van der Waals surface area contributed by atoms with Crippen LogP contribution >= 0.6 is 11.3 Å². The van der Waals surface area contributed by atoms with Crippen molar-refractivity contribution in [1.82, 2.24) is 9.55 Å². The molecule has 1 amide bonds. The fourth-order valence-corrected chi connectivity index (χ4v) is 3.72. The van der Waals surface area contributed by atoms with Gasteiger partial charge in [0, 0.05) is 25.2 Å². The Morgan fingerprint density at radius 3 is 3.04 bits per heavy atom. The van der Waals surface area contributed by atoms with Gasteiger partial charge in [-0.3, -0.25) is 14.2 Å². The Morgan fingerprint density at radius 2 is 2.13 bits per heavy atom. The lowest BCUT2D eigenvalue weighted by Crippen LogP contribution is -2.31. The fourth-order valence-electron chi connectivity index (χ4n) is 3.00. The summed E-state index contributed by atoms with van der Waals surface area (Å²) in [4.78, 5) is 31.7. The molecule has 116 valence electrons. The molecule has 3 heterocycles. The zero-order valence-electron chi connectivity index (χ0n) is 12.4. The van der Waals surface area contributed by atoms with E-state index >= 15 is 0 Å². The van der Waals surface area contributed by atoms with E-state index in [0.29, 0.717) is 18.4 Å².